The third kappa shape index (κ3) is 3.49. The monoisotopic (exact) mass is 302 g/mol. The zero-order valence-electron chi connectivity index (χ0n) is 12.3. The fraction of sp³-hybridized carbons (Fsp3) is 0.333. The van der Waals surface area contributed by atoms with Gasteiger partial charge in [0.15, 0.2) is 0 Å². The lowest BCUT2D eigenvalue weighted by Gasteiger charge is -2.18. The molecular weight excluding hydrogens is 284 g/mol. The van der Waals surface area contributed by atoms with E-state index in [0.717, 1.165) is 18.4 Å². The second-order valence-corrected chi connectivity index (χ2v) is 5.10. The molecule has 2 aromatic rings. The van der Waals surface area contributed by atoms with E-state index in [0.29, 0.717) is 5.56 Å². The lowest BCUT2D eigenvalue weighted by atomic mass is 9.98. The Labute approximate surface area is 127 Å². The van der Waals surface area contributed by atoms with Crippen LogP contribution in [0.1, 0.15) is 36.9 Å². The molecule has 0 bridgehead atoms. The highest BCUT2D eigenvalue weighted by atomic mass is 16.6. The SMILES string of the molecule is CCCC(c1ccc(CC(N)=O)c([N+](=O)[O-])c1)n1ccnc1. The molecule has 0 fully saturated rings. The van der Waals surface area contributed by atoms with Crippen LogP contribution in [0.5, 0.6) is 0 Å². The number of carbonyl (C=O) groups is 1. The van der Waals surface area contributed by atoms with Crippen molar-refractivity contribution in [3.05, 3.63) is 58.2 Å². The molecule has 1 heterocycles. The van der Waals surface area contributed by atoms with Crippen LogP contribution in [-0.4, -0.2) is 20.4 Å². The number of aromatic nitrogens is 2. The molecule has 2 N–H and O–H groups in total. The Balaban J connectivity index is 2.43. The average molecular weight is 302 g/mol. The molecule has 0 radical (unpaired) electrons. The van der Waals surface area contributed by atoms with Crippen molar-refractivity contribution in [3.8, 4) is 0 Å². The zero-order chi connectivity index (χ0) is 16.1. The first-order valence-corrected chi connectivity index (χ1v) is 7.06. The summed E-state index contributed by atoms with van der Waals surface area (Å²) in [5.41, 5.74) is 6.23. The molecular formula is C15H18N4O3. The van der Waals surface area contributed by atoms with Crippen LogP contribution in [0.15, 0.2) is 36.9 Å². The Morgan fingerprint density at radius 2 is 2.27 bits per heavy atom. The van der Waals surface area contributed by atoms with Gasteiger partial charge < -0.3 is 10.3 Å². The quantitative estimate of drug-likeness (QED) is 0.625. The van der Waals surface area contributed by atoms with Gasteiger partial charge in [0, 0.05) is 24.0 Å². The first-order valence-electron chi connectivity index (χ1n) is 7.06. The number of benzene rings is 1. The fourth-order valence-corrected chi connectivity index (χ4v) is 2.51. The maximum absolute atomic E-state index is 11.3. The third-order valence-corrected chi connectivity index (χ3v) is 3.50. The van der Waals surface area contributed by atoms with Gasteiger partial charge in [0.2, 0.25) is 5.91 Å². The molecule has 7 nitrogen and oxygen atoms in total. The van der Waals surface area contributed by atoms with E-state index in [9.17, 15) is 14.9 Å². The summed E-state index contributed by atoms with van der Waals surface area (Å²) in [7, 11) is 0. The molecule has 0 spiro atoms. The molecule has 0 aliphatic heterocycles. The van der Waals surface area contributed by atoms with E-state index in [4.69, 9.17) is 5.73 Å². The fourth-order valence-electron chi connectivity index (χ4n) is 2.51. The van der Waals surface area contributed by atoms with E-state index in [1.54, 1.807) is 18.6 Å². The second-order valence-electron chi connectivity index (χ2n) is 5.10. The minimum atomic E-state index is -0.587. The third-order valence-electron chi connectivity index (χ3n) is 3.50. The van der Waals surface area contributed by atoms with Crippen molar-refractivity contribution in [2.45, 2.75) is 32.2 Å². The van der Waals surface area contributed by atoms with Crippen LogP contribution in [0.2, 0.25) is 0 Å². The number of nitro groups is 1. The topological polar surface area (TPSA) is 104 Å². The van der Waals surface area contributed by atoms with E-state index in [1.165, 1.54) is 6.07 Å². The molecule has 0 aliphatic carbocycles. The van der Waals surface area contributed by atoms with Crippen LogP contribution in [0.25, 0.3) is 0 Å². The number of carbonyl (C=O) groups excluding carboxylic acids is 1. The number of nitrogens with two attached hydrogens (primary N) is 1. The molecule has 1 aromatic heterocycles. The maximum Gasteiger partial charge on any atom is 0.273 e. The highest BCUT2D eigenvalue weighted by Gasteiger charge is 2.20. The van der Waals surface area contributed by atoms with Crippen molar-refractivity contribution < 1.29 is 9.72 Å². The Morgan fingerprint density at radius 3 is 2.82 bits per heavy atom. The normalized spacial score (nSPS) is 12.0. The first-order chi connectivity index (χ1) is 10.5. The molecule has 2 rings (SSSR count). The Hall–Kier alpha value is -2.70. The van der Waals surface area contributed by atoms with Gasteiger partial charge in [-0.05, 0) is 12.0 Å². The van der Waals surface area contributed by atoms with Gasteiger partial charge in [0.1, 0.15) is 0 Å². The van der Waals surface area contributed by atoms with Crippen LogP contribution in [0.4, 0.5) is 5.69 Å². The van der Waals surface area contributed by atoms with Crippen LogP contribution in [-0.2, 0) is 11.2 Å². The van der Waals surface area contributed by atoms with E-state index < -0.39 is 10.8 Å². The number of imidazole rings is 1. The maximum atomic E-state index is 11.3. The summed E-state index contributed by atoms with van der Waals surface area (Å²) in [4.78, 5) is 25.9. The van der Waals surface area contributed by atoms with Crippen molar-refractivity contribution >= 4 is 11.6 Å². The van der Waals surface area contributed by atoms with E-state index >= 15 is 0 Å². The Bertz CT molecular complexity index is 667. The van der Waals surface area contributed by atoms with Gasteiger partial charge in [0.05, 0.1) is 23.7 Å². The van der Waals surface area contributed by atoms with Crippen LogP contribution in [0, 0.1) is 10.1 Å². The molecule has 1 atom stereocenters. The summed E-state index contributed by atoms with van der Waals surface area (Å²) in [5, 5.41) is 11.3. The number of nitrogens with zero attached hydrogens (tertiary/aromatic N) is 3. The van der Waals surface area contributed by atoms with E-state index in [-0.39, 0.29) is 18.2 Å². The number of primary amides is 1. The zero-order valence-corrected chi connectivity index (χ0v) is 12.3. The predicted molar refractivity (Wildman–Crippen MR) is 81.3 cm³/mol. The number of hydrogen-bond donors (Lipinski definition) is 1. The van der Waals surface area contributed by atoms with Gasteiger partial charge in [-0.1, -0.05) is 25.5 Å². The average Bonchev–Trinajstić information content (AvgIpc) is 2.98. The molecule has 1 aromatic carbocycles. The molecule has 1 unspecified atom stereocenters. The summed E-state index contributed by atoms with van der Waals surface area (Å²) in [6.07, 6.45) is 6.84. The molecule has 1 amide bonds. The molecule has 0 saturated heterocycles. The Morgan fingerprint density at radius 1 is 1.50 bits per heavy atom. The van der Waals surface area contributed by atoms with Gasteiger partial charge in [-0.3, -0.25) is 14.9 Å². The molecule has 0 aliphatic rings. The van der Waals surface area contributed by atoms with Crippen molar-refractivity contribution in [2.75, 3.05) is 0 Å². The van der Waals surface area contributed by atoms with Gasteiger partial charge >= 0.3 is 0 Å². The number of amides is 1. The van der Waals surface area contributed by atoms with Crippen molar-refractivity contribution in [1.29, 1.82) is 0 Å². The smallest absolute Gasteiger partial charge is 0.273 e. The van der Waals surface area contributed by atoms with Crippen LogP contribution < -0.4 is 5.73 Å². The highest BCUT2D eigenvalue weighted by Crippen LogP contribution is 2.29. The summed E-state index contributed by atoms with van der Waals surface area (Å²) >= 11 is 0. The predicted octanol–water partition coefficient (Wildman–Crippen LogP) is 2.21. The standard InChI is InChI=1S/C15H18N4O3/c1-2-3-13(18-7-6-17-10-18)11-4-5-12(9-15(16)20)14(8-11)19(21)22/h4-8,10,13H,2-3,9H2,1H3,(H2,16,20). The first kappa shape index (κ1) is 15.7. The summed E-state index contributed by atoms with van der Waals surface area (Å²) in [6, 6.07) is 4.93. The van der Waals surface area contributed by atoms with Gasteiger partial charge in [-0.2, -0.15) is 0 Å². The lowest BCUT2D eigenvalue weighted by molar-refractivity contribution is -0.385. The van der Waals surface area contributed by atoms with Crippen LogP contribution >= 0.6 is 0 Å². The van der Waals surface area contributed by atoms with Gasteiger partial charge in [-0.15, -0.1) is 0 Å². The minimum absolute atomic E-state index is 0.0196. The van der Waals surface area contributed by atoms with Crippen molar-refractivity contribution in [2.24, 2.45) is 5.73 Å². The van der Waals surface area contributed by atoms with Gasteiger partial charge in [-0.25, -0.2) is 4.98 Å². The number of rotatable bonds is 7. The largest absolute Gasteiger partial charge is 0.369 e. The van der Waals surface area contributed by atoms with Crippen molar-refractivity contribution in [1.82, 2.24) is 9.55 Å². The van der Waals surface area contributed by atoms with E-state index in [1.807, 2.05) is 16.8 Å². The summed E-state index contributed by atoms with van der Waals surface area (Å²) in [5.74, 6) is -0.587. The minimum Gasteiger partial charge on any atom is -0.369 e. The Kier molecular flexibility index (Phi) is 4.88. The van der Waals surface area contributed by atoms with E-state index in [2.05, 4.69) is 11.9 Å². The second kappa shape index (κ2) is 6.84. The highest BCUT2D eigenvalue weighted by molar-refractivity contribution is 5.78. The summed E-state index contributed by atoms with van der Waals surface area (Å²) < 4.78 is 1.93. The van der Waals surface area contributed by atoms with Crippen LogP contribution in [0.3, 0.4) is 0 Å². The molecule has 22 heavy (non-hydrogen) atoms. The number of hydrogen-bond acceptors (Lipinski definition) is 4. The van der Waals surface area contributed by atoms with Crippen molar-refractivity contribution in [3.63, 3.8) is 0 Å². The molecule has 116 valence electrons. The van der Waals surface area contributed by atoms with Gasteiger partial charge in [0.25, 0.3) is 5.69 Å². The molecule has 0 saturated carbocycles. The summed E-state index contributed by atoms with van der Waals surface area (Å²) in [6.45, 7) is 2.06. The number of nitro benzene ring substituents is 1. The molecule has 7 heteroatoms. The lowest BCUT2D eigenvalue weighted by Crippen LogP contribution is -2.15.